The van der Waals surface area contributed by atoms with E-state index in [1.807, 2.05) is 14.1 Å². The van der Waals surface area contributed by atoms with Crippen molar-refractivity contribution in [3.05, 3.63) is 5.82 Å². The minimum Gasteiger partial charge on any atom is -0.394 e. The van der Waals surface area contributed by atoms with Gasteiger partial charge in [0.25, 0.3) is 0 Å². The number of hydrogen-bond acceptors (Lipinski definition) is 5. The van der Waals surface area contributed by atoms with E-state index in [4.69, 9.17) is 5.11 Å². The maximum atomic E-state index is 8.71. The lowest BCUT2D eigenvalue weighted by Crippen LogP contribution is -2.18. The fourth-order valence-electron chi connectivity index (χ4n) is 0.994. The molecule has 0 aliphatic rings. The van der Waals surface area contributed by atoms with Crippen molar-refractivity contribution in [1.29, 1.82) is 0 Å². The van der Waals surface area contributed by atoms with Crippen molar-refractivity contribution in [3.63, 3.8) is 0 Å². The van der Waals surface area contributed by atoms with Gasteiger partial charge in [0.15, 0.2) is 5.82 Å². The number of aliphatic hydroxyl groups is 1. The van der Waals surface area contributed by atoms with E-state index in [1.54, 1.807) is 4.68 Å². The molecule has 6 heteroatoms. The van der Waals surface area contributed by atoms with Crippen LogP contribution in [0.3, 0.4) is 0 Å². The van der Waals surface area contributed by atoms with E-state index < -0.39 is 0 Å². The number of nitrogens with zero attached hydrogens (tertiary/aromatic N) is 5. The van der Waals surface area contributed by atoms with Gasteiger partial charge in [-0.25, -0.2) is 4.68 Å². The average Bonchev–Trinajstić information content (AvgIpc) is 2.49. The highest BCUT2D eigenvalue weighted by Crippen LogP contribution is 1.93. The summed E-state index contributed by atoms with van der Waals surface area (Å²) in [5.74, 6) is 0.822. The summed E-state index contributed by atoms with van der Waals surface area (Å²) in [5, 5.41) is 19.9. The number of hydrogen-bond donors (Lipinski definition) is 1. The van der Waals surface area contributed by atoms with Crippen LogP contribution in [0.2, 0.25) is 0 Å². The maximum Gasteiger partial charge on any atom is 0.152 e. The molecule has 74 valence electrons. The summed E-state index contributed by atoms with van der Waals surface area (Å²) in [4.78, 5) is 2.07. The third-order valence-corrected chi connectivity index (χ3v) is 1.70. The van der Waals surface area contributed by atoms with Crippen LogP contribution in [0.25, 0.3) is 0 Å². The van der Waals surface area contributed by atoms with E-state index in [0.29, 0.717) is 6.54 Å². The van der Waals surface area contributed by atoms with Crippen LogP contribution in [0.5, 0.6) is 0 Å². The van der Waals surface area contributed by atoms with Gasteiger partial charge in [-0.2, -0.15) is 0 Å². The first kappa shape index (κ1) is 10.1. The molecule has 0 saturated heterocycles. The molecule has 13 heavy (non-hydrogen) atoms. The quantitative estimate of drug-likeness (QED) is 0.622. The van der Waals surface area contributed by atoms with Gasteiger partial charge in [0.2, 0.25) is 0 Å². The molecule has 6 nitrogen and oxygen atoms in total. The Balaban J connectivity index is 2.49. The zero-order valence-electron chi connectivity index (χ0n) is 8.01. The predicted octanol–water partition coefficient (Wildman–Crippen LogP) is -1.23. The first-order chi connectivity index (χ1) is 6.24. The van der Waals surface area contributed by atoms with Gasteiger partial charge in [0.05, 0.1) is 13.2 Å². The summed E-state index contributed by atoms with van der Waals surface area (Å²) in [5.41, 5.74) is 0. The molecule has 1 aromatic rings. The van der Waals surface area contributed by atoms with Gasteiger partial charge in [0.1, 0.15) is 0 Å². The fraction of sp³-hybridized carbons (Fsp3) is 0.857. The van der Waals surface area contributed by atoms with E-state index >= 15 is 0 Å². The number of aromatic nitrogens is 4. The van der Waals surface area contributed by atoms with Crippen molar-refractivity contribution in [1.82, 2.24) is 25.1 Å². The molecule has 0 aliphatic heterocycles. The summed E-state index contributed by atoms with van der Waals surface area (Å²) in [6.07, 6.45) is 0.806. The van der Waals surface area contributed by atoms with Crippen LogP contribution in [0, 0.1) is 0 Å². The fourth-order valence-corrected chi connectivity index (χ4v) is 0.994. The van der Waals surface area contributed by atoms with Crippen LogP contribution in [0.15, 0.2) is 0 Å². The van der Waals surface area contributed by atoms with Crippen LogP contribution >= 0.6 is 0 Å². The molecule has 1 N–H and O–H groups in total. The van der Waals surface area contributed by atoms with E-state index in [-0.39, 0.29) is 6.61 Å². The summed E-state index contributed by atoms with van der Waals surface area (Å²) in [7, 11) is 4.00. The van der Waals surface area contributed by atoms with Gasteiger partial charge < -0.3 is 10.0 Å². The summed E-state index contributed by atoms with van der Waals surface area (Å²) in [6.45, 7) is 1.45. The third kappa shape index (κ3) is 3.08. The summed E-state index contributed by atoms with van der Waals surface area (Å²) in [6, 6.07) is 0. The molecule has 0 radical (unpaired) electrons. The molecule has 0 atom stereocenters. The van der Waals surface area contributed by atoms with Gasteiger partial charge in [-0.3, -0.25) is 0 Å². The van der Waals surface area contributed by atoms with Crippen molar-refractivity contribution in [2.75, 3.05) is 27.2 Å². The maximum absolute atomic E-state index is 8.71. The Hall–Kier alpha value is -1.01. The molecule has 0 fully saturated rings. The van der Waals surface area contributed by atoms with Crippen molar-refractivity contribution in [3.8, 4) is 0 Å². The minimum absolute atomic E-state index is 0.0694. The molecule has 0 bridgehead atoms. The van der Waals surface area contributed by atoms with Crippen molar-refractivity contribution >= 4 is 0 Å². The number of likely N-dealkylation sites (N-methyl/N-ethyl adjacent to an activating group) is 1. The monoisotopic (exact) mass is 185 g/mol. The molecule has 0 spiro atoms. The molecule has 1 rings (SSSR count). The largest absolute Gasteiger partial charge is 0.394 e. The molecular weight excluding hydrogens is 170 g/mol. The minimum atomic E-state index is 0.0694. The summed E-state index contributed by atoms with van der Waals surface area (Å²) < 4.78 is 1.63. The first-order valence-electron chi connectivity index (χ1n) is 4.24. The van der Waals surface area contributed by atoms with Gasteiger partial charge in [0, 0.05) is 13.0 Å². The Kier molecular flexibility index (Phi) is 3.78. The highest BCUT2D eigenvalue weighted by atomic mass is 16.3. The summed E-state index contributed by atoms with van der Waals surface area (Å²) >= 11 is 0. The molecule has 1 heterocycles. The second-order valence-corrected chi connectivity index (χ2v) is 3.10. The lowest BCUT2D eigenvalue weighted by molar-refractivity contribution is 0.265. The molecular formula is C7H15N5O. The van der Waals surface area contributed by atoms with Crippen LogP contribution in [-0.2, 0) is 13.0 Å². The normalized spacial score (nSPS) is 11.1. The van der Waals surface area contributed by atoms with E-state index in [2.05, 4.69) is 20.4 Å². The van der Waals surface area contributed by atoms with Crippen LogP contribution in [0.1, 0.15) is 5.82 Å². The molecule has 0 aliphatic carbocycles. The highest BCUT2D eigenvalue weighted by Gasteiger charge is 2.04. The molecule has 0 aromatic carbocycles. The van der Waals surface area contributed by atoms with E-state index in [1.165, 1.54) is 0 Å². The second kappa shape index (κ2) is 4.88. The average molecular weight is 185 g/mol. The van der Waals surface area contributed by atoms with Crippen molar-refractivity contribution in [2.45, 2.75) is 13.0 Å². The lowest BCUT2D eigenvalue weighted by atomic mass is 10.4. The second-order valence-electron chi connectivity index (χ2n) is 3.10. The van der Waals surface area contributed by atoms with Crippen molar-refractivity contribution < 1.29 is 5.11 Å². The molecule has 0 unspecified atom stereocenters. The van der Waals surface area contributed by atoms with Gasteiger partial charge in [-0.05, 0) is 24.5 Å². The number of rotatable bonds is 5. The molecule has 0 saturated carbocycles. The lowest BCUT2D eigenvalue weighted by Gasteiger charge is -2.08. The zero-order chi connectivity index (χ0) is 9.68. The van der Waals surface area contributed by atoms with E-state index in [9.17, 15) is 0 Å². The first-order valence-corrected chi connectivity index (χ1v) is 4.24. The number of tetrazole rings is 1. The molecule has 1 aromatic heterocycles. The van der Waals surface area contributed by atoms with E-state index in [0.717, 1.165) is 18.8 Å². The van der Waals surface area contributed by atoms with Gasteiger partial charge in [-0.1, -0.05) is 0 Å². The smallest absolute Gasteiger partial charge is 0.152 e. The highest BCUT2D eigenvalue weighted by molar-refractivity contribution is 4.81. The van der Waals surface area contributed by atoms with Gasteiger partial charge >= 0.3 is 0 Å². The van der Waals surface area contributed by atoms with Crippen LogP contribution < -0.4 is 0 Å². The standard InChI is InChI=1S/C7H15N5O/c1-11(2)4-3-7-8-9-10-12(7)5-6-13/h13H,3-6H2,1-2H3. The Morgan fingerprint density at radius 1 is 1.46 bits per heavy atom. The van der Waals surface area contributed by atoms with Gasteiger partial charge in [-0.15, -0.1) is 5.10 Å². The van der Waals surface area contributed by atoms with Crippen LogP contribution in [-0.4, -0.2) is 57.5 Å². The Labute approximate surface area is 77.2 Å². The SMILES string of the molecule is CN(C)CCc1nnnn1CCO. The predicted molar refractivity (Wildman–Crippen MR) is 47.2 cm³/mol. The third-order valence-electron chi connectivity index (χ3n) is 1.70. The van der Waals surface area contributed by atoms with Crippen molar-refractivity contribution in [2.24, 2.45) is 0 Å². The molecule has 0 amide bonds. The topological polar surface area (TPSA) is 67.1 Å². The Bertz CT molecular complexity index is 247. The van der Waals surface area contributed by atoms with Crippen LogP contribution in [0.4, 0.5) is 0 Å². The zero-order valence-corrected chi connectivity index (χ0v) is 8.01. The number of aliphatic hydroxyl groups excluding tert-OH is 1. The Morgan fingerprint density at radius 3 is 2.85 bits per heavy atom. The Morgan fingerprint density at radius 2 is 2.23 bits per heavy atom.